The summed E-state index contributed by atoms with van der Waals surface area (Å²) in [6.45, 7) is 0. The van der Waals surface area contributed by atoms with Crippen LogP contribution >= 0.6 is 15.9 Å². The molecule has 0 unspecified atom stereocenters. The summed E-state index contributed by atoms with van der Waals surface area (Å²) in [4.78, 5) is 24.4. The van der Waals surface area contributed by atoms with E-state index in [0.29, 0.717) is 9.20 Å². The van der Waals surface area contributed by atoms with Gasteiger partial charge in [-0.1, -0.05) is 52.3 Å². The van der Waals surface area contributed by atoms with Crippen molar-refractivity contribution < 1.29 is 28.3 Å². The minimum Gasteiger partial charge on any atom is -0.464 e. The SMILES string of the molecule is COC(=O)c1c(CC(F)(F)C(=O)c2ccccc2)c2c(Br)cccc2n1O. The van der Waals surface area contributed by atoms with Crippen molar-refractivity contribution in [3.8, 4) is 0 Å². The number of aromatic nitrogens is 1. The molecule has 140 valence electrons. The van der Waals surface area contributed by atoms with Crippen molar-refractivity contribution in [3.05, 3.63) is 69.8 Å². The summed E-state index contributed by atoms with van der Waals surface area (Å²) < 4.78 is 35.1. The number of carbonyl (C=O) groups excluding carboxylic acids is 2. The maximum atomic E-state index is 14.8. The predicted molar refractivity (Wildman–Crippen MR) is 97.6 cm³/mol. The quantitative estimate of drug-likeness (QED) is 0.362. The average Bonchev–Trinajstić information content (AvgIpc) is 2.93. The van der Waals surface area contributed by atoms with Gasteiger partial charge >= 0.3 is 11.9 Å². The van der Waals surface area contributed by atoms with Gasteiger partial charge in [-0.25, -0.2) is 4.79 Å². The van der Waals surface area contributed by atoms with Gasteiger partial charge in [0.2, 0.25) is 5.78 Å². The fourth-order valence-corrected chi connectivity index (χ4v) is 3.53. The van der Waals surface area contributed by atoms with E-state index in [1.807, 2.05) is 0 Å². The van der Waals surface area contributed by atoms with Gasteiger partial charge in [0.15, 0.2) is 5.69 Å². The first-order valence-corrected chi connectivity index (χ1v) is 8.64. The van der Waals surface area contributed by atoms with E-state index in [9.17, 15) is 23.6 Å². The standard InChI is InChI=1S/C19H14BrF2NO4/c1-27-18(25)16-12(15-13(20)8-5-9-14(15)23(16)26)10-19(21,22)17(24)11-6-3-2-4-7-11/h2-9,26H,10H2,1H3. The van der Waals surface area contributed by atoms with Crippen LogP contribution in [0.2, 0.25) is 0 Å². The molecule has 2 aromatic carbocycles. The Morgan fingerprint density at radius 1 is 1.15 bits per heavy atom. The third-order valence-electron chi connectivity index (χ3n) is 4.16. The van der Waals surface area contributed by atoms with Gasteiger partial charge in [0, 0.05) is 27.4 Å². The molecule has 0 radical (unpaired) electrons. The Morgan fingerprint density at radius 2 is 1.81 bits per heavy atom. The minimum atomic E-state index is -3.80. The van der Waals surface area contributed by atoms with E-state index in [4.69, 9.17) is 0 Å². The number of Topliss-reactive ketones (excluding diaryl/α,β-unsaturated/α-hetero) is 1. The fourth-order valence-electron chi connectivity index (χ4n) is 2.94. The van der Waals surface area contributed by atoms with Crippen LogP contribution in [0, 0.1) is 0 Å². The van der Waals surface area contributed by atoms with E-state index in [-0.39, 0.29) is 22.0 Å². The molecule has 0 atom stereocenters. The summed E-state index contributed by atoms with van der Waals surface area (Å²) in [7, 11) is 1.08. The van der Waals surface area contributed by atoms with Crippen LogP contribution in [-0.4, -0.2) is 34.7 Å². The van der Waals surface area contributed by atoms with Crippen molar-refractivity contribution in [1.29, 1.82) is 0 Å². The molecule has 0 saturated carbocycles. The maximum absolute atomic E-state index is 14.8. The number of fused-ring (bicyclic) bond motifs is 1. The van der Waals surface area contributed by atoms with Gasteiger partial charge in [0.05, 0.1) is 12.6 Å². The number of rotatable bonds is 5. The van der Waals surface area contributed by atoms with Crippen molar-refractivity contribution >= 4 is 38.6 Å². The van der Waals surface area contributed by atoms with Crippen LogP contribution in [-0.2, 0) is 11.2 Å². The topological polar surface area (TPSA) is 68.5 Å². The van der Waals surface area contributed by atoms with E-state index in [1.165, 1.54) is 30.3 Å². The molecule has 27 heavy (non-hydrogen) atoms. The number of hydrogen-bond donors (Lipinski definition) is 1. The second-order valence-corrected chi connectivity index (χ2v) is 6.70. The molecule has 3 aromatic rings. The largest absolute Gasteiger partial charge is 0.464 e. The molecule has 0 aliphatic carbocycles. The summed E-state index contributed by atoms with van der Waals surface area (Å²) in [5.41, 5.74) is -0.627. The first-order valence-electron chi connectivity index (χ1n) is 7.85. The van der Waals surface area contributed by atoms with E-state index >= 15 is 0 Å². The van der Waals surface area contributed by atoms with E-state index in [0.717, 1.165) is 7.11 Å². The van der Waals surface area contributed by atoms with Crippen molar-refractivity contribution in [2.75, 3.05) is 7.11 Å². The Bertz CT molecular complexity index is 1030. The van der Waals surface area contributed by atoms with Gasteiger partial charge in [0.1, 0.15) is 0 Å². The molecule has 5 nitrogen and oxygen atoms in total. The lowest BCUT2D eigenvalue weighted by Crippen LogP contribution is -2.32. The third kappa shape index (κ3) is 3.32. The van der Waals surface area contributed by atoms with Crippen molar-refractivity contribution in [3.63, 3.8) is 0 Å². The molecule has 0 saturated heterocycles. The van der Waals surface area contributed by atoms with Crippen molar-refractivity contribution in [2.45, 2.75) is 12.3 Å². The Labute approximate surface area is 161 Å². The molecular formula is C19H14BrF2NO4. The number of esters is 1. The zero-order chi connectivity index (χ0) is 19.8. The monoisotopic (exact) mass is 437 g/mol. The summed E-state index contributed by atoms with van der Waals surface area (Å²) >= 11 is 3.25. The molecule has 1 heterocycles. The lowest BCUT2D eigenvalue weighted by atomic mass is 9.97. The van der Waals surface area contributed by atoms with Gasteiger partial charge in [-0.05, 0) is 12.1 Å². The van der Waals surface area contributed by atoms with Crippen molar-refractivity contribution in [1.82, 2.24) is 4.73 Å². The van der Waals surface area contributed by atoms with Crippen LogP contribution in [0.1, 0.15) is 26.4 Å². The van der Waals surface area contributed by atoms with Gasteiger partial charge in [0.25, 0.3) is 0 Å². The highest BCUT2D eigenvalue weighted by Gasteiger charge is 2.42. The smallest absolute Gasteiger partial charge is 0.358 e. The van der Waals surface area contributed by atoms with Gasteiger partial charge in [-0.3, -0.25) is 4.79 Å². The zero-order valence-corrected chi connectivity index (χ0v) is 15.7. The highest BCUT2D eigenvalue weighted by Crippen LogP contribution is 2.36. The number of carbonyl (C=O) groups is 2. The third-order valence-corrected chi connectivity index (χ3v) is 4.83. The van der Waals surface area contributed by atoms with Gasteiger partial charge in [-0.15, -0.1) is 0 Å². The number of methoxy groups -OCH3 is 1. The predicted octanol–water partition coefficient (Wildman–Crippen LogP) is 4.49. The van der Waals surface area contributed by atoms with E-state index < -0.39 is 29.8 Å². The molecule has 0 spiro atoms. The lowest BCUT2D eigenvalue weighted by Gasteiger charge is -2.16. The zero-order valence-electron chi connectivity index (χ0n) is 14.1. The highest BCUT2D eigenvalue weighted by molar-refractivity contribution is 9.10. The molecule has 3 rings (SSSR count). The molecule has 0 amide bonds. The van der Waals surface area contributed by atoms with E-state index in [2.05, 4.69) is 20.7 Å². The number of nitrogens with zero attached hydrogens (tertiary/aromatic N) is 1. The number of ether oxygens (including phenoxy) is 1. The summed E-state index contributed by atoms with van der Waals surface area (Å²) in [6, 6.07) is 11.8. The fraction of sp³-hybridized carbons (Fsp3) is 0.158. The first kappa shape index (κ1) is 19.0. The van der Waals surface area contributed by atoms with Crippen LogP contribution in [0.15, 0.2) is 53.0 Å². The van der Waals surface area contributed by atoms with Gasteiger partial charge < -0.3 is 9.94 Å². The Balaban J connectivity index is 2.16. The Hall–Kier alpha value is -2.74. The number of alkyl halides is 2. The van der Waals surface area contributed by atoms with E-state index in [1.54, 1.807) is 18.2 Å². The van der Waals surface area contributed by atoms with Crippen LogP contribution < -0.4 is 0 Å². The Morgan fingerprint density at radius 3 is 2.44 bits per heavy atom. The molecular weight excluding hydrogens is 424 g/mol. The van der Waals surface area contributed by atoms with Crippen LogP contribution in [0.5, 0.6) is 0 Å². The summed E-state index contributed by atoms with van der Waals surface area (Å²) in [5, 5.41) is 10.5. The molecule has 0 fully saturated rings. The average molecular weight is 438 g/mol. The second-order valence-electron chi connectivity index (χ2n) is 5.84. The highest BCUT2D eigenvalue weighted by atomic mass is 79.9. The number of benzene rings is 2. The van der Waals surface area contributed by atoms with Crippen LogP contribution in [0.4, 0.5) is 8.78 Å². The number of ketones is 1. The molecule has 1 aromatic heterocycles. The maximum Gasteiger partial charge on any atom is 0.358 e. The molecule has 0 bridgehead atoms. The Kier molecular flexibility index (Phi) is 5.01. The van der Waals surface area contributed by atoms with Crippen molar-refractivity contribution in [2.24, 2.45) is 0 Å². The lowest BCUT2D eigenvalue weighted by molar-refractivity contribution is 0.0103. The normalized spacial score (nSPS) is 11.6. The van der Waals surface area contributed by atoms with Crippen LogP contribution in [0.3, 0.4) is 0 Å². The molecule has 1 N–H and O–H groups in total. The second kappa shape index (κ2) is 7.11. The molecule has 0 aliphatic heterocycles. The van der Waals surface area contributed by atoms with Gasteiger partial charge in [-0.2, -0.15) is 13.5 Å². The molecule has 8 heteroatoms. The minimum absolute atomic E-state index is 0.141. The summed E-state index contributed by atoms with van der Waals surface area (Å²) in [5.74, 6) is -6.16. The summed E-state index contributed by atoms with van der Waals surface area (Å²) in [6.07, 6.45) is -1.07. The first-order chi connectivity index (χ1) is 12.8. The van der Waals surface area contributed by atoms with Crippen LogP contribution in [0.25, 0.3) is 10.9 Å². The number of hydrogen-bond acceptors (Lipinski definition) is 4. The number of halogens is 3. The molecule has 0 aliphatic rings.